The molecule has 1 N–H and O–H groups in total. The average molecular weight is 395 g/mol. The van der Waals surface area contributed by atoms with Crippen molar-refractivity contribution in [2.75, 3.05) is 22.4 Å². The molecule has 0 bridgehead atoms. The summed E-state index contributed by atoms with van der Waals surface area (Å²) < 4.78 is 25.6. The van der Waals surface area contributed by atoms with E-state index in [9.17, 15) is 13.2 Å². The minimum Gasteiger partial charge on any atom is -0.326 e. The van der Waals surface area contributed by atoms with Crippen LogP contribution in [0.25, 0.3) is 10.9 Å². The van der Waals surface area contributed by atoms with Crippen LogP contribution in [0.4, 0.5) is 11.4 Å². The smallest absolute Gasteiger partial charge is 0.232 e. The van der Waals surface area contributed by atoms with Crippen LogP contribution in [-0.2, 0) is 27.7 Å². The molecule has 1 aliphatic rings. The van der Waals surface area contributed by atoms with Gasteiger partial charge >= 0.3 is 0 Å². The minimum absolute atomic E-state index is 0.167. The summed E-state index contributed by atoms with van der Waals surface area (Å²) in [5.74, 6) is -0.167. The van der Waals surface area contributed by atoms with Crippen molar-refractivity contribution in [3.05, 3.63) is 65.9 Å². The number of hydrogen-bond donors (Lipinski definition) is 1. The Bertz CT molecular complexity index is 1150. The van der Waals surface area contributed by atoms with Gasteiger partial charge in [0.25, 0.3) is 0 Å². The van der Waals surface area contributed by atoms with E-state index in [4.69, 9.17) is 0 Å². The molecule has 144 valence electrons. The standard InChI is InChI=1S/C21H21N3O3S/c1-28(26,27)24-12-4-8-15-9-10-18(14-19(15)24)23-20(25)13-17-6-2-5-16-7-3-11-22-21(16)17/h2-3,5-7,9-11,14H,4,8,12-13H2,1H3,(H,23,25). The molecule has 1 aliphatic heterocycles. The first-order valence-corrected chi connectivity index (χ1v) is 11.0. The van der Waals surface area contributed by atoms with Crippen molar-refractivity contribution in [1.29, 1.82) is 0 Å². The Balaban J connectivity index is 1.57. The SMILES string of the molecule is CS(=O)(=O)N1CCCc2ccc(NC(=O)Cc3cccc4cccnc34)cc21. The number of nitrogens with zero attached hydrogens (tertiary/aromatic N) is 2. The van der Waals surface area contributed by atoms with Crippen LogP contribution >= 0.6 is 0 Å². The van der Waals surface area contributed by atoms with E-state index in [0.29, 0.717) is 17.9 Å². The summed E-state index contributed by atoms with van der Waals surface area (Å²) in [5.41, 5.74) is 3.89. The van der Waals surface area contributed by atoms with E-state index >= 15 is 0 Å². The number of pyridine rings is 1. The summed E-state index contributed by atoms with van der Waals surface area (Å²) in [7, 11) is -3.35. The van der Waals surface area contributed by atoms with E-state index in [1.807, 2.05) is 42.5 Å². The molecule has 1 amide bonds. The fraction of sp³-hybridized carbons (Fsp3) is 0.238. The number of fused-ring (bicyclic) bond motifs is 2. The van der Waals surface area contributed by atoms with Gasteiger partial charge in [0.2, 0.25) is 15.9 Å². The largest absolute Gasteiger partial charge is 0.326 e. The third kappa shape index (κ3) is 3.71. The number of carbonyl (C=O) groups is 1. The molecule has 3 aromatic rings. The lowest BCUT2D eigenvalue weighted by atomic mass is 10.0. The molecule has 7 heteroatoms. The average Bonchev–Trinajstić information content (AvgIpc) is 2.67. The monoisotopic (exact) mass is 395 g/mol. The molecule has 0 atom stereocenters. The number of benzene rings is 2. The highest BCUT2D eigenvalue weighted by Gasteiger charge is 2.24. The number of amides is 1. The normalized spacial score (nSPS) is 14.0. The molecular formula is C21H21N3O3S. The van der Waals surface area contributed by atoms with E-state index < -0.39 is 10.0 Å². The molecule has 1 aromatic heterocycles. The van der Waals surface area contributed by atoms with E-state index in [1.165, 1.54) is 10.6 Å². The fourth-order valence-electron chi connectivity index (χ4n) is 3.65. The lowest BCUT2D eigenvalue weighted by Crippen LogP contribution is -2.34. The molecule has 28 heavy (non-hydrogen) atoms. The van der Waals surface area contributed by atoms with Gasteiger partial charge < -0.3 is 5.32 Å². The van der Waals surface area contributed by atoms with Gasteiger partial charge in [-0.3, -0.25) is 14.1 Å². The summed E-state index contributed by atoms with van der Waals surface area (Å²) in [5, 5.41) is 3.88. The second kappa shape index (κ2) is 7.24. The van der Waals surface area contributed by atoms with Gasteiger partial charge in [-0.2, -0.15) is 0 Å². The second-order valence-corrected chi connectivity index (χ2v) is 8.91. The first kappa shape index (κ1) is 18.4. The van der Waals surface area contributed by atoms with Gasteiger partial charge in [-0.1, -0.05) is 30.3 Å². The van der Waals surface area contributed by atoms with Gasteiger partial charge in [-0.25, -0.2) is 8.42 Å². The zero-order chi connectivity index (χ0) is 19.7. The highest BCUT2D eigenvalue weighted by molar-refractivity contribution is 7.92. The third-order valence-electron chi connectivity index (χ3n) is 4.91. The van der Waals surface area contributed by atoms with Gasteiger partial charge in [0.1, 0.15) is 0 Å². The Labute approximate surface area is 164 Å². The molecule has 0 unspecified atom stereocenters. The van der Waals surface area contributed by atoms with Gasteiger partial charge in [0.15, 0.2) is 0 Å². The first-order chi connectivity index (χ1) is 13.4. The molecule has 2 heterocycles. The van der Waals surface area contributed by atoms with Gasteiger partial charge in [-0.05, 0) is 42.2 Å². The summed E-state index contributed by atoms with van der Waals surface area (Å²) in [4.78, 5) is 17.0. The summed E-state index contributed by atoms with van der Waals surface area (Å²) in [6.45, 7) is 0.463. The number of para-hydroxylation sites is 1. The van der Waals surface area contributed by atoms with E-state index in [2.05, 4.69) is 10.3 Å². The minimum atomic E-state index is -3.35. The van der Waals surface area contributed by atoms with Crippen LogP contribution in [0.1, 0.15) is 17.5 Å². The zero-order valence-electron chi connectivity index (χ0n) is 15.6. The molecule has 0 aliphatic carbocycles. The van der Waals surface area contributed by atoms with Crippen molar-refractivity contribution in [3.8, 4) is 0 Å². The highest BCUT2D eigenvalue weighted by Crippen LogP contribution is 2.31. The Hall–Kier alpha value is -2.93. The lowest BCUT2D eigenvalue weighted by molar-refractivity contribution is -0.115. The maximum absolute atomic E-state index is 12.6. The lowest BCUT2D eigenvalue weighted by Gasteiger charge is -2.29. The number of carbonyl (C=O) groups excluding carboxylic acids is 1. The number of aromatic nitrogens is 1. The fourth-order valence-corrected chi connectivity index (χ4v) is 4.64. The molecule has 6 nitrogen and oxygen atoms in total. The molecule has 0 saturated carbocycles. The van der Waals surface area contributed by atoms with Crippen molar-refractivity contribution in [3.63, 3.8) is 0 Å². The number of nitrogens with one attached hydrogen (secondary N) is 1. The Kier molecular flexibility index (Phi) is 4.77. The van der Waals surface area contributed by atoms with Crippen molar-refractivity contribution >= 4 is 38.2 Å². The van der Waals surface area contributed by atoms with Crippen LogP contribution < -0.4 is 9.62 Å². The van der Waals surface area contributed by atoms with Crippen LogP contribution in [0.3, 0.4) is 0 Å². The second-order valence-electron chi connectivity index (χ2n) is 7.00. The Morgan fingerprint density at radius 1 is 1.18 bits per heavy atom. The van der Waals surface area contributed by atoms with Crippen molar-refractivity contribution in [2.24, 2.45) is 0 Å². The predicted molar refractivity (Wildman–Crippen MR) is 111 cm³/mol. The topological polar surface area (TPSA) is 79.4 Å². The maximum atomic E-state index is 12.6. The molecule has 0 fully saturated rings. The molecule has 4 rings (SSSR count). The van der Waals surface area contributed by atoms with E-state index in [-0.39, 0.29) is 12.3 Å². The van der Waals surface area contributed by atoms with Crippen molar-refractivity contribution in [2.45, 2.75) is 19.3 Å². The first-order valence-electron chi connectivity index (χ1n) is 9.15. The van der Waals surface area contributed by atoms with Crippen LogP contribution in [0.15, 0.2) is 54.7 Å². The van der Waals surface area contributed by atoms with Gasteiger partial charge in [0, 0.05) is 23.8 Å². The predicted octanol–water partition coefficient (Wildman–Crippen LogP) is 3.13. The molecule has 2 aromatic carbocycles. The van der Waals surface area contributed by atoms with Crippen LogP contribution in [0.5, 0.6) is 0 Å². The number of anilines is 2. The Morgan fingerprint density at radius 3 is 2.82 bits per heavy atom. The summed E-state index contributed by atoms with van der Waals surface area (Å²) in [6, 6.07) is 15.1. The Morgan fingerprint density at radius 2 is 2.00 bits per heavy atom. The van der Waals surface area contributed by atoms with E-state index in [1.54, 1.807) is 12.3 Å². The highest BCUT2D eigenvalue weighted by atomic mass is 32.2. The van der Waals surface area contributed by atoms with E-state index in [0.717, 1.165) is 34.9 Å². The zero-order valence-corrected chi connectivity index (χ0v) is 16.4. The van der Waals surface area contributed by atoms with Crippen LogP contribution in [0.2, 0.25) is 0 Å². The third-order valence-corrected chi connectivity index (χ3v) is 6.09. The molecule has 0 spiro atoms. The van der Waals surface area contributed by atoms with Crippen LogP contribution in [-0.4, -0.2) is 32.1 Å². The molecular weight excluding hydrogens is 374 g/mol. The van der Waals surface area contributed by atoms with Crippen molar-refractivity contribution < 1.29 is 13.2 Å². The number of sulfonamides is 1. The summed E-state index contributed by atoms with van der Waals surface area (Å²) >= 11 is 0. The van der Waals surface area contributed by atoms with Gasteiger partial charge in [0.05, 0.1) is 23.9 Å². The van der Waals surface area contributed by atoms with Gasteiger partial charge in [-0.15, -0.1) is 0 Å². The molecule has 0 radical (unpaired) electrons. The van der Waals surface area contributed by atoms with Crippen LogP contribution in [0, 0.1) is 0 Å². The number of hydrogen-bond acceptors (Lipinski definition) is 4. The number of rotatable bonds is 4. The van der Waals surface area contributed by atoms with Crippen molar-refractivity contribution in [1.82, 2.24) is 4.98 Å². The maximum Gasteiger partial charge on any atom is 0.232 e. The molecule has 0 saturated heterocycles. The number of aryl methyl sites for hydroxylation is 1. The quantitative estimate of drug-likeness (QED) is 0.736. The summed E-state index contributed by atoms with van der Waals surface area (Å²) in [6.07, 6.45) is 4.74.